The van der Waals surface area contributed by atoms with Crippen molar-refractivity contribution in [1.29, 1.82) is 0 Å². The molecule has 4 rings (SSSR count). The SMILES string of the molecule is O=C(NCCC1CCCCN1C(=O)CC1CCN(c2ncccn2)CC1)c1ccccc1. The van der Waals surface area contributed by atoms with Gasteiger partial charge >= 0.3 is 0 Å². The van der Waals surface area contributed by atoms with Gasteiger partial charge in [0.25, 0.3) is 5.91 Å². The Morgan fingerprint density at radius 3 is 2.44 bits per heavy atom. The second kappa shape index (κ2) is 11.1. The van der Waals surface area contributed by atoms with E-state index in [1.807, 2.05) is 36.4 Å². The van der Waals surface area contributed by atoms with E-state index < -0.39 is 0 Å². The highest BCUT2D eigenvalue weighted by atomic mass is 16.2. The Kier molecular flexibility index (Phi) is 7.69. The number of hydrogen-bond donors (Lipinski definition) is 1. The fourth-order valence-corrected chi connectivity index (χ4v) is 4.83. The van der Waals surface area contributed by atoms with Gasteiger partial charge in [-0.25, -0.2) is 9.97 Å². The van der Waals surface area contributed by atoms with Crippen LogP contribution in [0.5, 0.6) is 0 Å². The van der Waals surface area contributed by atoms with Crippen LogP contribution in [0.3, 0.4) is 0 Å². The minimum absolute atomic E-state index is 0.0477. The minimum Gasteiger partial charge on any atom is -0.352 e. The molecule has 2 aromatic rings. The van der Waals surface area contributed by atoms with Gasteiger partial charge in [0.05, 0.1) is 0 Å². The molecule has 0 aliphatic carbocycles. The molecule has 0 radical (unpaired) electrons. The number of nitrogens with zero attached hydrogens (tertiary/aromatic N) is 4. The lowest BCUT2D eigenvalue weighted by Crippen LogP contribution is -2.46. The number of benzene rings is 1. The molecule has 0 saturated carbocycles. The average Bonchev–Trinajstić information content (AvgIpc) is 2.86. The van der Waals surface area contributed by atoms with E-state index in [0.29, 0.717) is 24.4 Å². The first-order valence-electron chi connectivity index (χ1n) is 11.9. The number of nitrogens with one attached hydrogen (secondary N) is 1. The molecule has 170 valence electrons. The Morgan fingerprint density at radius 2 is 1.69 bits per heavy atom. The van der Waals surface area contributed by atoms with Gasteiger partial charge in [-0.05, 0) is 62.6 Å². The van der Waals surface area contributed by atoms with Crippen molar-refractivity contribution in [3.8, 4) is 0 Å². The zero-order valence-corrected chi connectivity index (χ0v) is 18.7. The normalized spacial score (nSPS) is 19.6. The first-order chi connectivity index (χ1) is 15.7. The Bertz CT molecular complexity index is 868. The van der Waals surface area contributed by atoms with E-state index in [1.165, 1.54) is 0 Å². The molecule has 3 heterocycles. The van der Waals surface area contributed by atoms with Gasteiger partial charge in [-0.15, -0.1) is 0 Å². The summed E-state index contributed by atoms with van der Waals surface area (Å²) in [5.41, 5.74) is 0.677. The molecule has 1 unspecified atom stereocenters. The fourth-order valence-electron chi connectivity index (χ4n) is 4.83. The van der Waals surface area contributed by atoms with E-state index in [2.05, 4.69) is 25.1 Å². The van der Waals surface area contributed by atoms with Crippen LogP contribution in [0.25, 0.3) is 0 Å². The summed E-state index contributed by atoms with van der Waals surface area (Å²) in [7, 11) is 0. The van der Waals surface area contributed by atoms with Crippen molar-refractivity contribution >= 4 is 17.8 Å². The zero-order chi connectivity index (χ0) is 22.2. The molecule has 1 aromatic carbocycles. The number of carbonyl (C=O) groups is 2. The van der Waals surface area contributed by atoms with Crippen molar-refractivity contribution in [2.75, 3.05) is 31.1 Å². The van der Waals surface area contributed by atoms with E-state index in [4.69, 9.17) is 0 Å². The second-order valence-corrected chi connectivity index (χ2v) is 8.83. The summed E-state index contributed by atoms with van der Waals surface area (Å²) in [5.74, 6) is 1.43. The van der Waals surface area contributed by atoms with Crippen LogP contribution >= 0.6 is 0 Å². The summed E-state index contributed by atoms with van der Waals surface area (Å²) in [5, 5.41) is 3.01. The zero-order valence-electron chi connectivity index (χ0n) is 18.7. The second-order valence-electron chi connectivity index (χ2n) is 8.83. The minimum atomic E-state index is -0.0477. The first kappa shape index (κ1) is 22.2. The molecule has 2 saturated heterocycles. The standard InChI is InChI=1S/C25H33N5O2/c31-23(19-20-11-17-29(18-12-20)25-27-13-6-14-28-25)30-16-5-4-9-22(30)10-15-26-24(32)21-7-2-1-3-8-21/h1-3,6-8,13-14,20,22H,4-5,9-12,15-19H2,(H,26,32). The lowest BCUT2D eigenvalue weighted by molar-refractivity contribution is -0.136. The Hall–Kier alpha value is -2.96. The molecule has 7 nitrogen and oxygen atoms in total. The quantitative estimate of drug-likeness (QED) is 0.722. The van der Waals surface area contributed by atoms with Gasteiger partial charge in [-0.1, -0.05) is 18.2 Å². The lowest BCUT2D eigenvalue weighted by Gasteiger charge is -2.38. The largest absolute Gasteiger partial charge is 0.352 e. The number of amides is 2. The van der Waals surface area contributed by atoms with E-state index >= 15 is 0 Å². The number of anilines is 1. The molecule has 2 amide bonds. The van der Waals surface area contributed by atoms with Crippen molar-refractivity contribution in [2.24, 2.45) is 5.92 Å². The van der Waals surface area contributed by atoms with Crippen LogP contribution in [0.1, 0.15) is 55.3 Å². The maximum Gasteiger partial charge on any atom is 0.251 e. The van der Waals surface area contributed by atoms with E-state index in [1.54, 1.807) is 12.4 Å². The Morgan fingerprint density at radius 1 is 0.938 bits per heavy atom. The molecule has 7 heteroatoms. The number of hydrogen-bond acceptors (Lipinski definition) is 5. The van der Waals surface area contributed by atoms with Crippen LogP contribution < -0.4 is 10.2 Å². The molecule has 0 bridgehead atoms. The highest BCUT2D eigenvalue weighted by molar-refractivity contribution is 5.94. The van der Waals surface area contributed by atoms with E-state index in [-0.39, 0.29) is 17.9 Å². The van der Waals surface area contributed by atoms with Crippen LogP contribution in [0, 0.1) is 5.92 Å². The van der Waals surface area contributed by atoms with Crippen molar-refractivity contribution in [2.45, 2.75) is 51.0 Å². The number of likely N-dealkylation sites (tertiary alicyclic amines) is 1. The molecule has 1 N–H and O–H groups in total. The molecule has 2 fully saturated rings. The number of piperidine rings is 2. The lowest BCUT2D eigenvalue weighted by atomic mass is 9.91. The highest BCUT2D eigenvalue weighted by Crippen LogP contribution is 2.26. The van der Waals surface area contributed by atoms with Crippen molar-refractivity contribution in [1.82, 2.24) is 20.2 Å². The maximum absolute atomic E-state index is 13.1. The monoisotopic (exact) mass is 435 g/mol. The molecule has 2 aliphatic rings. The van der Waals surface area contributed by atoms with Crippen molar-refractivity contribution in [3.05, 3.63) is 54.4 Å². The third kappa shape index (κ3) is 5.84. The van der Waals surface area contributed by atoms with Gasteiger partial charge in [0.15, 0.2) is 0 Å². The summed E-state index contributed by atoms with van der Waals surface area (Å²) in [6.45, 7) is 3.23. The Labute approximate surface area is 190 Å². The molecule has 1 atom stereocenters. The van der Waals surface area contributed by atoms with Crippen LogP contribution in [-0.2, 0) is 4.79 Å². The van der Waals surface area contributed by atoms with Crippen LogP contribution in [0.4, 0.5) is 5.95 Å². The van der Waals surface area contributed by atoms with Gasteiger partial charge in [-0.3, -0.25) is 9.59 Å². The molecular formula is C25H33N5O2. The summed E-state index contributed by atoms with van der Waals surface area (Å²) < 4.78 is 0. The topological polar surface area (TPSA) is 78.4 Å². The Balaban J connectivity index is 1.23. The van der Waals surface area contributed by atoms with E-state index in [0.717, 1.165) is 64.1 Å². The van der Waals surface area contributed by atoms with E-state index in [9.17, 15) is 9.59 Å². The number of aromatic nitrogens is 2. The highest BCUT2D eigenvalue weighted by Gasteiger charge is 2.29. The molecule has 0 spiro atoms. The third-order valence-electron chi connectivity index (χ3n) is 6.66. The fraction of sp³-hybridized carbons (Fsp3) is 0.520. The predicted octanol–water partition coefficient (Wildman–Crippen LogP) is 3.28. The van der Waals surface area contributed by atoms with Gasteiger partial charge in [0.1, 0.15) is 0 Å². The molecule has 2 aliphatic heterocycles. The van der Waals surface area contributed by atoms with Crippen LogP contribution in [0.2, 0.25) is 0 Å². The summed E-state index contributed by atoms with van der Waals surface area (Å²) in [6, 6.07) is 11.3. The third-order valence-corrected chi connectivity index (χ3v) is 6.66. The van der Waals surface area contributed by atoms with Crippen molar-refractivity contribution in [3.63, 3.8) is 0 Å². The smallest absolute Gasteiger partial charge is 0.251 e. The van der Waals surface area contributed by atoms with Gasteiger partial charge in [-0.2, -0.15) is 0 Å². The van der Waals surface area contributed by atoms with Crippen LogP contribution in [-0.4, -0.2) is 58.9 Å². The molecule has 32 heavy (non-hydrogen) atoms. The summed E-state index contributed by atoms with van der Waals surface area (Å²) >= 11 is 0. The first-order valence-corrected chi connectivity index (χ1v) is 11.9. The average molecular weight is 436 g/mol. The van der Waals surface area contributed by atoms with Crippen molar-refractivity contribution < 1.29 is 9.59 Å². The number of carbonyl (C=O) groups excluding carboxylic acids is 2. The summed E-state index contributed by atoms with van der Waals surface area (Å²) in [4.78, 5) is 38.4. The predicted molar refractivity (Wildman–Crippen MR) is 124 cm³/mol. The maximum atomic E-state index is 13.1. The molecular weight excluding hydrogens is 402 g/mol. The number of rotatable bonds is 7. The van der Waals surface area contributed by atoms with Gasteiger partial charge in [0, 0.05) is 56.6 Å². The van der Waals surface area contributed by atoms with Gasteiger partial charge < -0.3 is 15.1 Å². The van der Waals surface area contributed by atoms with Gasteiger partial charge in [0.2, 0.25) is 11.9 Å². The molecule has 1 aromatic heterocycles. The van der Waals surface area contributed by atoms with Crippen LogP contribution in [0.15, 0.2) is 48.8 Å². The summed E-state index contributed by atoms with van der Waals surface area (Å²) in [6.07, 6.45) is 10.2.